The molecule has 0 spiro atoms. The molecular formula is C21H21N3O4. The second-order valence-corrected chi connectivity index (χ2v) is 6.98. The minimum Gasteiger partial charge on any atom is -0.497 e. The topological polar surface area (TPSA) is 97.2 Å². The Morgan fingerprint density at radius 1 is 1.29 bits per heavy atom. The number of methoxy groups -OCH3 is 1. The number of H-pyrrole nitrogens is 1. The maximum atomic E-state index is 13.1. The van der Waals surface area contributed by atoms with Gasteiger partial charge in [-0.1, -0.05) is 5.16 Å². The van der Waals surface area contributed by atoms with E-state index in [0.29, 0.717) is 46.5 Å². The van der Waals surface area contributed by atoms with E-state index in [4.69, 9.17) is 9.26 Å². The van der Waals surface area contributed by atoms with Crippen molar-refractivity contribution in [3.05, 3.63) is 59.1 Å². The van der Waals surface area contributed by atoms with Gasteiger partial charge in [0.2, 0.25) is 0 Å². The Hall–Kier alpha value is -3.35. The molecule has 0 aliphatic heterocycles. The zero-order valence-corrected chi connectivity index (χ0v) is 15.7. The fourth-order valence-corrected chi connectivity index (χ4v) is 3.04. The number of rotatable bonds is 7. The van der Waals surface area contributed by atoms with E-state index in [1.807, 2.05) is 12.1 Å². The van der Waals surface area contributed by atoms with Crippen LogP contribution in [0.5, 0.6) is 5.75 Å². The van der Waals surface area contributed by atoms with Gasteiger partial charge in [-0.05, 0) is 56.0 Å². The lowest BCUT2D eigenvalue weighted by atomic mass is 9.99. The molecule has 1 fully saturated rings. The molecule has 4 rings (SSSR count). The number of aromatic amines is 1. The van der Waals surface area contributed by atoms with Crippen molar-refractivity contribution in [2.75, 3.05) is 13.7 Å². The van der Waals surface area contributed by atoms with Crippen LogP contribution < -0.4 is 10.1 Å². The number of aryl methyl sites for hydroxylation is 1. The summed E-state index contributed by atoms with van der Waals surface area (Å²) < 4.78 is 10.5. The van der Waals surface area contributed by atoms with Crippen molar-refractivity contribution in [2.45, 2.75) is 19.8 Å². The molecule has 3 aromatic rings. The highest BCUT2D eigenvalue weighted by molar-refractivity contribution is 6.13. The molecule has 2 heterocycles. The Bertz CT molecular complexity index is 1010. The largest absolute Gasteiger partial charge is 0.497 e. The van der Waals surface area contributed by atoms with Crippen molar-refractivity contribution in [2.24, 2.45) is 5.92 Å². The average molecular weight is 379 g/mol. The summed E-state index contributed by atoms with van der Waals surface area (Å²) in [5.74, 6) is 1.28. The molecule has 0 saturated heterocycles. The highest BCUT2D eigenvalue weighted by atomic mass is 16.5. The average Bonchev–Trinajstić information content (AvgIpc) is 3.26. The van der Waals surface area contributed by atoms with Crippen molar-refractivity contribution in [3.8, 4) is 17.0 Å². The maximum Gasteiger partial charge on any atom is 0.267 e. The van der Waals surface area contributed by atoms with Gasteiger partial charge in [-0.25, -0.2) is 0 Å². The quantitative estimate of drug-likeness (QED) is 0.614. The minimum atomic E-state index is -0.248. The van der Waals surface area contributed by atoms with Crippen LogP contribution in [-0.2, 0) is 0 Å². The summed E-state index contributed by atoms with van der Waals surface area (Å²) in [6, 6.07) is 8.80. The van der Waals surface area contributed by atoms with Gasteiger partial charge in [-0.2, -0.15) is 0 Å². The zero-order valence-electron chi connectivity index (χ0n) is 15.7. The number of amides is 1. The van der Waals surface area contributed by atoms with E-state index in [0.717, 1.165) is 18.4 Å². The van der Waals surface area contributed by atoms with Gasteiger partial charge in [-0.15, -0.1) is 0 Å². The van der Waals surface area contributed by atoms with E-state index in [9.17, 15) is 9.59 Å². The van der Waals surface area contributed by atoms with E-state index < -0.39 is 0 Å². The fraction of sp³-hybridized carbons (Fsp3) is 0.286. The molecule has 1 aliphatic rings. The fourth-order valence-electron chi connectivity index (χ4n) is 3.04. The molecule has 1 aromatic carbocycles. The molecule has 0 atom stereocenters. The van der Waals surface area contributed by atoms with E-state index in [2.05, 4.69) is 15.5 Å². The van der Waals surface area contributed by atoms with E-state index in [-0.39, 0.29) is 11.7 Å². The SMILES string of the molecule is COc1ccc(-c2noc(C)c2C(=O)c2c[nH]c(C(=O)NCC3CC3)c2)cc1. The molecule has 0 radical (unpaired) electrons. The van der Waals surface area contributed by atoms with Crippen LogP contribution in [-0.4, -0.2) is 35.5 Å². The molecular weight excluding hydrogens is 358 g/mol. The number of carbonyl (C=O) groups is 2. The highest BCUT2D eigenvalue weighted by Crippen LogP contribution is 2.29. The molecule has 1 saturated carbocycles. The van der Waals surface area contributed by atoms with Crippen molar-refractivity contribution < 1.29 is 18.8 Å². The van der Waals surface area contributed by atoms with Gasteiger partial charge < -0.3 is 19.6 Å². The number of nitrogens with zero attached hydrogens (tertiary/aromatic N) is 1. The number of ether oxygens (including phenoxy) is 1. The van der Waals surface area contributed by atoms with E-state index >= 15 is 0 Å². The molecule has 7 nitrogen and oxygen atoms in total. The molecule has 2 N–H and O–H groups in total. The van der Waals surface area contributed by atoms with Gasteiger partial charge in [0.05, 0.1) is 12.7 Å². The van der Waals surface area contributed by atoms with Gasteiger partial charge >= 0.3 is 0 Å². The number of benzene rings is 1. The normalized spacial score (nSPS) is 13.4. The molecule has 0 bridgehead atoms. The third kappa shape index (κ3) is 3.55. The monoisotopic (exact) mass is 379 g/mol. The predicted molar refractivity (Wildman–Crippen MR) is 103 cm³/mol. The van der Waals surface area contributed by atoms with Crippen LogP contribution in [0.4, 0.5) is 0 Å². The predicted octanol–water partition coefficient (Wildman–Crippen LogP) is 3.36. The summed E-state index contributed by atoms with van der Waals surface area (Å²) in [5, 5.41) is 6.94. The number of hydrogen-bond donors (Lipinski definition) is 2. The van der Waals surface area contributed by atoms with Gasteiger partial charge in [0, 0.05) is 23.9 Å². The van der Waals surface area contributed by atoms with Gasteiger partial charge in [-0.3, -0.25) is 9.59 Å². The van der Waals surface area contributed by atoms with Crippen molar-refractivity contribution in [3.63, 3.8) is 0 Å². The van der Waals surface area contributed by atoms with Gasteiger partial charge in [0.25, 0.3) is 5.91 Å². The second-order valence-electron chi connectivity index (χ2n) is 6.98. The summed E-state index contributed by atoms with van der Waals surface area (Å²) in [6.45, 7) is 2.37. The van der Waals surface area contributed by atoms with Crippen LogP contribution in [0.25, 0.3) is 11.3 Å². The Morgan fingerprint density at radius 3 is 2.71 bits per heavy atom. The lowest BCUT2D eigenvalue weighted by Crippen LogP contribution is -2.25. The Balaban J connectivity index is 1.58. The van der Waals surface area contributed by atoms with E-state index in [1.165, 1.54) is 0 Å². The first-order valence-corrected chi connectivity index (χ1v) is 9.19. The molecule has 0 unspecified atom stereocenters. The second kappa shape index (κ2) is 7.34. The third-order valence-corrected chi connectivity index (χ3v) is 4.89. The van der Waals surface area contributed by atoms with Crippen molar-refractivity contribution in [1.82, 2.24) is 15.5 Å². The number of nitrogens with one attached hydrogen (secondary N) is 2. The first-order chi connectivity index (χ1) is 13.6. The highest BCUT2D eigenvalue weighted by Gasteiger charge is 2.25. The van der Waals surface area contributed by atoms with Crippen LogP contribution in [0.15, 0.2) is 41.1 Å². The van der Waals surface area contributed by atoms with Crippen molar-refractivity contribution >= 4 is 11.7 Å². The summed E-state index contributed by atoms with van der Waals surface area (Å²) in [5.41, 5.74) is 2.35. The minimum absolute atomic E-state index is 0.205. The lowest BCUT2D eigenvalue weighted by molar-refractivity contribution is 0.0947. The Morgan fingerprint density at radius 2 is 2.04 bits per heavy atom. The maximum absolute atomic E-state index is 13.1. The van der Waals surface area contributed by atoms with Crippen LogP contribution in [0.1, 0.15) is 45.0 Å². The molecule has 2 aromatic heterocycles. The van der Waals surface area contributed by atoms with Crippen molar-refractivity contribution in [1.29, 1.82) is 0 Å². The van der Waals surface area contributed by atoms with Gasteiger partial charge in [0.1, 0.15) is 22.9 Å². The van der Waals surface area contributed by atoms with Crippen LogP contribution in [0, 0.1) is 12.8 Å². The molecule has 1 amide bonds. The summed E-state index contributed by atoms with van der Waals surface area (Å²) in [7, 11) is 1.59. The third-order valence-electron chi connectivity index (χ3n) is 4.89. The number of ketones is 1. The van der Waals surface area contributed by atoms with Crippen LogP contribution >= 0.6 is 0 Å². The summed E-state index contributed by atoms with van der Waals surface area (Å²) in [4.78, 5) is 28.2. The van der Waals surface area contributed by atoms with Crippen LogP contribution in [0.3, 0.4) is 0 Å². The first-order valence-electron chi connectivity index (χ1n) is 9.19. The molecule has 7 heteroatoms. The number of carbonyl (C=O) groups excluding carboxylic acids is 2. The smallest absolute Gasteiger partial charge is 0.267 e. The number of aromatic nitrogens is 2. The van der Waals surface area contributed by atoms with Gasteiger partial charge in [0.15, 0.2) is 5.78 Å². The number of hydrogen-bond acceptors (Lipinski definition) is 5. The molecule has 144 valence electrons. The Labute approximate surface area is 162 Å². The summed E-state index contributed by atoms with van der Waals surface area (Å²) >= 11 is 0. The summed E-state index contributed by atoms with van der Waals surface area (Å²) in [6.07, 6.45) is 3.86. The van der Waals surface area contributed by atoms with E-state index in [1.54, 1.807) is 38.4 Å². The molecule has 1 aliphatic carbocycles. The van der Waals surface area contributed by atoms with Crippen LogP contribution in [0.2, 0.25) is 0 Å². The molecule has 28 heavy (non-hydrogen) atoms. The first kappa shape index (κ1) is 18.0. The Kier molecular flexibility index (Phi) is 4.73. The standard InChI is InChI=1S/C21H21N3O4/c1-12-18(19(24-28-12)14-5-7-16(27-2)8-6-14)20(25)15-9-17(22-11-15)21(26)23-10-13-3-4-13/h5-9,11,13,22H,3-4,10H2,1-2H3,(H,23,26). The zero-order chi connectivity index (χ0) is 19.7. The lowest BCUT2D eigenvalue weighted by Gasteiger charge is -2.03.